The summed E-state index contributed by atoms with van der Waals surface area (Å²) in [4.78, 5) is 2.52. The monoisotopic (exact) mass is 248 g/mol. The highest BCUT2D eigenvalue weighted by atomic mass is 16.3. The molecule has 2 rings (SSSR count). The Kier molecular flexibility index (Phi) is 4.61. The van der Waals surface area contributed by atoms with E-state index in [1.165, 1.54) is 25.9 Å². The average molecular weight is 248 g/mol. The Hall–Kier alpha value is -1.06. The van der Waals surface area contributed by atoms with E-state index in [2.05, 4.69) is 30.1 Å². The molecule has 0 saturated carbocycles. The van der Waals surface area contributed by atoms with Gasteiger partial charge in [-0.1, -0.05) is 12.1 Å². The molecule has 100 valence electrons. The van der Waals surface area contributed by atoms with Crippen molar-refractivity contribution in [3.8, 4) is 5.75 Å². The van der Waals surface area contributed by atoms with Crippen molar-refractivity contribution in [2.45, 2.75) is 38.8 Å². The van der Waals surface area contributed by atoms with Gasteiger partial charge in [-0.15, -0.1) is 0 Å². The van der Waals surface area contributed by atoms with E-state index < -0.39 is 0 Å². The first-order chi connectivity index (χ1) is 8.65. The summed E-state index contributed by atoms with van der Waals surface area (Å²) in [5.74, 6) is 0.341. The van der Waals surface area contributed by atoms with E-state index in [1.54, 1.807) is 6.07 Å². The summed E-state index contributed by atoms with van der Waals surface area (Å²) in [5.41, 5.74) is 1.14. The van der Waals surface area contributed by atoms with E-state index in [0.717, 1.165) is 12.1 Å². The second kappa shape index (κ2) is 6.21. The first-order valence-electron chi connectivity index (χ1n) is 6.92. The second-order valence-electron chi connectivity index (χ2n) is 5.39. The Morgan fingerprint density at radius 2 is 2.00 bits per heavy atom. The highest BCUT2D eigenvalue weighted by Gasteiger charge is 2.16. The zero-order chi connectivity index (χ0) is 13.0. The van der Waals surface area contributed by atoms with Gasteiger partial charge in [-0.2, -0.15) is 0 Å². The molecule has 3 heteroatoms. The number of nitrogens with zero attached hydrogens (tertiary/aromatic N) is 1. The first-order valence-corrected chi connectivity index (χ1v) is 6.92. The molecule has 18 heavy (non-hydrogen) atoms. The van der Waals surface area contributed by atoms with Gasteiger partial charge in [0.25, 0.3) is 0 Å². The third-order valence-corrected chi connectivity index (χ3v) is 3.64. The van der Waals surface area contributed by atoms with Crippen LogP contribution in [0.5, 0.6) is 5.75 Å². The Morgan fingerprint density at radius 3 is 2.67 bits per heavy atom. The molecular weight excluding hydrogens is 224 g/mol. The second-order valence-corrected chi connectivity index (χ2v) is 5.39. The van der Waals surface area contributed by atoms with Crippen molar-refractivity contribution in [2.75, 3.05) is 19.6 Å². The van der Waals surface area contributed by atoms with Gasteiger partial charge in [0.15, 0.2) is 0 Å². The molecule has 1 saturated heterocycles. The number of phenols is 1. The Labute approximate surface area is 110 Å². The van der Waals surface area contributed by atoms with Crippen LogP contribution in [-0.2, 0) is 0 Å². The van der Waals surface area contributed by atoms with E-state index in [1.807, 2.05) is 12.1 Å². The Balaban J connectivity index is 1.84. The smallest absolute Gasteiger partial charge is 0.115 e. The summed E-state index contributed by atoms with van der Waals surface area (Å²) in [5, 5.41) is 13.1. The molecule has 1 fully saturated rings. The quantitative estimate of drug-likeness (QED) is 0.840. The van der Waals surface area contributed by atoms with Crippen LogP contribution in [0.3, 0.4) is 0 Å². The predicted molar refractivity (Wildman–Crippen MR) is 74.8 cm³/mol. The van der Waals surface area contributed by atoms with Gasteiger partial charge in [-0.05, 0) is 57.5 Å². The topological polar surface area (TPSA) is 35.5 Å². The molecule has 0 aromatic heterocycles. The molecule has 2 atom stereocenters. The minimum atomic E-state index is 0.273. The standard InChI is InChI=1S/C15H24N2O/c1-12(11-17-8-3-4-9-17)16-13(2)14-6-5-7-15(18)10-14/h5-7,10,12-13,16,18H,3-4,8-9,11H2,1-2H3. The largest absolute Gasteiger partial charge is 0.508 e. The minimum Gasteiger partial charge on any atom is -0.508 e. The van der Waals surface area contributed by atoms with Crippen molar-refractivity contribution in [1.29, 1.82) is 0 Å². The zero-order valence-electron chi connectivity index (χ0n) is 11.4. The molecule has 0 spiro atoms. The van der Waals surface area contributed by atoms with Crippen molar-refractivity contribution in [3.05, 3.63) is 29.8 Å². The third kappa shape index (κ3) is 3.72. The van der Waals surface area contributed by atoms with Crippen molar-refractivity contribution >= 4 is 0 Å². The number of nitrogens with one attached hydrogen (secondary N) is 1. The molecule has 0 aliphatic carbocycles. The molecule has 1 heterocycles. The lowest BCUT2D eigenvalue weighted by atomic mass is 10.1. The molecule has 2 N–H and O–H groups in total. The van der Waals surface area contributed by atoms with Crippen LogP contribution in [0.1, 0.15) is 38.3 Å². The summed E-state index contributed by atoms with van der Waals surface area (Å²) in [6, 6.07) is 8.24. The highest BCUT2D eigenvalue weighted by molar-refractivity contribution is 5.29. The zero-order valence-corrected chi connectivity index (χ0v) is 11.4. The maximum Gasteiger partial charge on any atom is 0.115 e. The van der Waals surface area contributed by atoms with Gasteiger partial charge in [0.1, 0.15) is 5.75 Å². The van der Waals surface area contributed by atoms with Crippen molar-refractivity contribution in [3.63, 3.8) is 0 Å². The van der Waals surface area contributed by atoms with E-state index in [4.69, 9.17) is 0 Å². The lowest BCUT2D eigenvalue weighted by Crippen LogP contribution is -2.39. The number of phenolic OH excluding ortho intramolecular Hbond substituents is 1. The van der Waals surface area contributed by atoms with Crippen LogP contribution in [-0.4, -0.2) is 35.7 Å². The fourth-order valence-electron chi connectivity index (χ4n) is 2.72. The fourth-order valence-corrected chi connectivity index (χ4v) is 2.72. The van der Waals surface area contributed by atoms with Gasteiger partial charge < -0.3 is 15.3 Å². The molecule has 1 aliphatic heterocycles. The maximum atomic E-state index is 9.49. The minimum absolute atomic E-state index is 0.273. The summed E-state index contributed by atoms with van der Waals surface area (Å²) in [6.07, 6.45) is 2.68. The van der Waals surface area contributed by atoms with Crippen molar-refractivity contribution in [1.82, 2.24) is 10.2 Å². The third-order valence-electron chi connectivity index (χ3n) is 3.64. The first kappa shape index (κ1) is 13.4. The lowest BCUT2D eigenvalue weighted by Gasteiger charge is -2.25. The van der Waals surface area contributed by atoms with Crippen molar-refractivity contribution < 1.29 is 5.11 Å². The van der Waals surface area contributed by atoms with Crippen LogP contribution in [0.2, 0.25) is 0 Å². The molecule has 0 bridgehead atoms. The van der Waals surface area contributed by atoms with E-state index >= 15 is 0 Å². The number of likely N-dealkylation sites (tertiary alicyclic amines) is 1. The SMILES string of the molecule is CC(CN1CCCC1)NC(C)c1cccc(O)c1. The number of hydrogen-bond donors (Lipinski definition) is 2. The molecule has 2 unspecified atom stereocenters. The van der Waals surface area contributed by atoms with Crippen LogP contribution in [0.15, 0.2) is 24.3 Å². The normalized spacial score (nSPS) is 19.9. The number of benzene rings is 1. The average Bonchev–Trinajstić information content (AvgIpc) is 2.81. The summed E-state index contributed by atoms with van der Waals surface area (Å²) >= 11 is 0. The molecule has 3 nitrogen and oxygen atoms in total. The predicted octanol–water partition coefficient (Wildman–Crippen LogP) is 2.53. The van der Waals surface area contributed by atoms with Crippen LogP contribution in [0.4, 0.5) is 0 Å². The van der Waals surface area contributed by atoms with Crippen LogP contribution >= 0.6 is 0 Å². The van der Waals surface area contributed by atoms with Crippen LogP contribution in [0, 0.1) is 0 Å². The maximum absolute atomic E-state index is 9.49. The summed E-state index contributed by atoms with van der Waals surface area (Å²) in [6.45, 7) is 7.98. The summed E-state index contributed by atoms with van der Waals surface area (Å²) in [7, 11) is 0. The summed E-state index contributed by atoms with van der Waals surface area (Å²) < 4.78 is 0. The number of rotatable bonds is 5. The number of hydrogen-bond acceptors (Lipinski definition) is 3. The van der Waals surface area contributed by atoms with Gasteiger partial charge in [-0.25, -0.2) is 0 Å². The van der Waals surface area contributed by atoms with Gasteiger partial charge in [0, 0.05) is 18.6 Å². The van der Waals surface area contributed by atoms with Crippen LogP contribution in [0.25, 0.3) is 0 Å². The molecule has 0 amide bonds. The van der Waals surface area contributed by atoms with Gasteiger partial charge in [-0.3, -0.25) is 0 Å². The fraction of sp³-hybridized carbons (Fsp3) is 0.600. The van der Waals surface area contributed by atoms with Gasteiger partial charge >= 0.3 is 0 Å². The van der Waals surface area contributed by atoms with Crippen LogP contribution < -0.4 is 5.32 Å². The van der Waals surface area contributed by atoms with E-state index in [9.17, 15) is 5.11 Å². The lowest BCUT2D eigenvalue weighted by molar-refractivity contribution is 0.289. The Bertz CT molecular complexity index is 375. The number of aromatic hydroxyl groups is 1. The highest BCUT2D eigenvalue weighted by Crippen LogP contribution is 2.18. The van der Waals surface area contributed by atoms with E-state index in [-0.39, 0.29) is 6.04 Å². The van der Waals surface area contributed by atoms with Gasteiger partial charge in [0.05, 0.1) is 0 Å². The van der Waals surface area contributed by atoms with E-state index in [0.29, 0.717) is 11.8 Å². The van der Waals surface area contributed by atoms with Crippen molar-refractivity contribution in [2.24, 2.45) is 0 Å². The molecule has 1 aromatic rings. The molecule has 1 aromatic carbocycles. The van der Waals surface area contributed by atoms with Gasteiger partial charge in [0.2, 0.25) is 0 Å². The molecule has 0 radical (unpaired) electrons. The molecule has 1 aliphatic rings. The Morgan fingerprint density at radius 1 is 1.28 bits per heavy atom. The molecular formula is C15H24N2O.